The van der Waals surface area contributed by atoms with Crippen LogP contribution in [0.1, 0.15) is 18.0 Å². The summed E-state index contributed by atoms with van der Waals surface area (Å²) in [7, 11) is 0. The highest BCUT2D eigenvalue weighted by Crippen LogP contribution is 2.21. The molecule has 0 amide bonds. The Morgan fingerprint density at radius 2 is 2.38 bits per heavy atom. The van der Waals surface area contributed by atoms with Crippen LogP contribution < -0.4 is 5.73 Å². The van der Waals surface area contributed by atoms with Gasteiger partial charge in [0.1, 0.15) is 11.6 Å². The van der Waals surface area contributed by atoms with Gasteiger partial charge in [0.15, 0.2) is 5.76 Å². The molecule has 0 spiro atoms. The second-order valence-corrected chi connectivity index (χ2v) is 4.24. The van der Waals surface area contributed by atoms with Crippen molar-refractivity contribution in [3.8, 4) is 11.6 Å². The summed E-state index contributed by atoms with van der Waals surface area (Å²) in [6.07, 6.45) is 1.76. The Bertz CT molecular complexity index is 514. The van der Waals surface area contributed by atoms with Crippen LogP contribution in [-0.2, 0) is 13.0 Å². The Balaban J connectivity index is 1.98. The van der Waals surface area contributed by atoms with Gasteiger partial charge in [0, 0.05) is 19.0 Å². The topological polar surface area (TPSA) is 69.9 Å². The van der Waals surface area contributed by atoms with E-state index in [1.807, 2.05) is 23.7 Å². The number of fused-ring (bicyclic) bond motifs is 1. The fourth-order valence-electron chi connectivity index (χ4n) is 1.99. The molecule has 3 heterocycles. The maximum atomic E-state index is 5.90. The molecule has 0 fully saturated rings. The Labute approximate surface area is 93.3 Å². The van der Waals surface area contributed by atoms with Gasteiger partial charge in [0.25, 0.3) is 0 Å². The molecule has 0 aliphatic carbocycles. The fraction of sp³-hybridized carbons (Fsp3) is 0.455. The van der Waals surface area contributed by atoms with E-state index in [0.717, 1.165) is 36.7 Å². The summed E-state index contributed by atoms with van der Waals surface area (Å²) < 4.78 is 7.43. The summed E-state index contributed by atoms with van der Waals surface area (Å²) in [5.74, 6) is 3.23. The summed E-state index contributed by atoms with van der Waals surface area (Å²) >= 11 is 0. The first-order valence-corrected chi connectivity index (χ1v) is 5.48. The smallest absolute Gasteiger partial charge is 0.217 e. The van der Waals surface area contributed by atoms with Crippen molar-refractivity contribution in [2.75, 3.05) is 0 Å². The van der Waals surface area contributed by atoms with Gasteiger partial charge in [-0.2, -0.15) is 0 Å². The van der Waals surface area contributed by atoms with Gasteiger partial charge in [-0.05, 0) is 25.5 Å². The van der Waals surface area contributed by atoms with Gasteiger partial charge in [-0.1, -0.05) is 0 Å². The molecule has 1 atom stereocenters. The average Bonchev–Trinajstić information content (AvgIpc) is 2.83. The zero-order valence-corrected chi connectivity index (χ0v) is 9.18. The van der Waals surface area contributed by atoms with Crippen molar-refractivity contribution in [1.82, 2.24) is 14.8 Å². The molecular formula is C11H14N4O. The van der Waals surface area contributed by atoms with Crippen molar-refractivity contribution in [1.29, 1.82) is 0 Å². The quantitative estimate of drug-likeness (QED) is 0.778. The van der Waals surface area contributed by atoms with Crippen LogP contribution in [0.5, 0.6) is 0 Å². The molecular weight excluding hydrogens is 204 g/mol. The number of nitrogens with zero attached hydrogens (tertiary/aromatic N) is 3. The lowest BCUT2D eigenvalue weighted by atomic mass is 10.1. The molecule has 0 saturated heterocycles. The van der Waals surface area contributed by atoms with E-state index < -0.39 is 0 Å². The molecule has 2 N–H and O–H groups in total. The number of nitrogens with two attached hydrogens (primary N) is 1. The van der Waals surface area contributed by atoms with Gasteiger partial charge in [-0.3, -0.25) is 0 Å². The first-order valence-electron chi connectivity index (χ1n) is 5.48. The third-order valence-corrected chi connectivity index (χ3v) is 2.87. The molecule has 2 aromatic rings. The number of hydrogen-bond donors (Lipinski definition) is 1. The molecule has 0 bridgehead atoms. The van der Waals surface area contributed by atoms with E-state index in [9.17, 15) is 0 Å². The number of aryl methyl sites for hydroxylation is 2. The van der Waals surface area contributed by atoms with Crippen molar-refractivity contribution in [3.63, 3.8) is 0 Å². The van der Waals surface area contributed by atoms with Crippen LogP contribution in [0.15, 0.2) is 16.5 Å². The van der Waals surface area contributed by atoms with Crippen molar-refractivity contribution in [2.45, 2.75) is 32.4 Å². The van der Waals surface area contributed by atoms with Gasteiger partial charge in [0.2, 0.25) is 5.82 Å². The maximum absolute atomic E-state index is 5.90. The predicted octanol–water partition coefficient (Wildman–Crippen LogP) is 1.12. The number of aromatic nitrogens is 3. The van der Waals surface area contributed by atoms with Crippen LogP contribution in [0.2, 0.25) is 0 Å². The highest BCUT2D eigenvalue weighted by molar-refractivity contribution is 5.46. The highest BCUT2D eigenvalue weighted by atomic mass is 16.3. The molecule has 0 aromatic carbocycles. The van der Waals surface area contributed by atoms with E-state index in [-0.39, 0.29) is 6.04 Å². The number of hydrogen-bond acceptors (Lipinski definition) is 4. The largest absolute Gasteiger partial charge is 0.458 e. The summed E-state index contributed by atoms with van der Waals surface area (Å²) in [4.78, 5) is 4.46. The van der Waals surface area contributed by atoms with Crippen LogP contribution in [0, 0.1) is 6.92 Å². The summed E-state index contributed by atoms with van der Waals surface area (Å²) in [5.41, 5.74) is 5.90. The molecule has 84 valence electrons. The normalized spacial score (nSPS) is 19.8. The molecule has 1 aliphatic rings. The first-order chi connectivity index (χ1) is 7.72. The molecule has 0 radical (unpaired) electrons. The van der Waals surface area contributed by atoms with E-state index >= 15 is 0 Å². The SMILES string of the molecule is Cc1ccc(-c2nc3n(n2)CCC(N)C3)o1. The van der Waals surface area contributed by atoms with Crippen LogP contribution in [0.4, 0.5) is 0 Å². The third kappa shape index (κ3) is 1.53. The zero-order chi connectivity index (χ0) is 11.1. The van der Waals surface area contributed by atoms with E-state index in [1.165, 1.54) is 0 Å². The molecule has 5 nitrogen and oxygen atoms in total. The van der Waals surface area contributed by atoms with E-state index in [2.05, 4.69) is 10.1 Å². The maximum Gasteiger partial charge on any atom is 0.217 e. The Kier molecular flexibility index (Phi) is 2.07. The Morgan fingerprint density at radius 1 is 1.50 bits per heavy atom. The summed E-state index contributed by atoms with van der Waals surface area (Å²) in [6, 6.07) is 4.03. The lowest BCUT2D eigenvalue weighted by Crippen LogP contribution is -2.31. The average molecular weight is 218 g/mol. The first kappa shape index (κ1) is 9.59. The van der Waals surface area contributed by atoms with Gasteiger partial charge in [0.05, 0.1) is 0 Å². The van der Waals surface area contributed by atoms with Gasteiger partial charge < -0.3 is 10.2 Å². The standard InChI is InChI=1S/C11H14N4O/c1-7-2-3-9(16-7)11-13-10-6-8(12)4-5-15(10)14-11/h2-3,8H,4-6,12H2,1H3. The Morgan fingerprint density at radius 3 is 3.12 bits per heavy atom. The lowest BCUT2D eigenvalue weighted by Gasteiger charge is -2.17. The Hall–Kier alpha value is -1.62. The minimum atomic E-state index is 0.211. The van der Waals surface area contributed by atoms with Crippen LogP contribution in [0.25, 0.3) is 11.6 Å². The van der Waals surface area contributed by atoms with Gasteiger partial charge in [-0.25, -0.2) is 9.67 Å². The van der Waals surface area contributed by atoms with Crippen LogP contribution in [-0.4, -0.2) is 20.8 Å². The molecule has 2 aromatic heterocycles. The van der Waals surface area contributed by atoms with E-state index in [4.69, 9.17) is 10.2 Å². The molecule has 16 heavy (non-hydrogen) atoms. The van der Waals surface area contributed by atoms with Crippen molar-refractivity contribution < 1.29 is 4.42 Å². The second-order valence-electron chi connectivity index (χ2n) is 4.24. The van der Waals surface area contributed by atoms with Crippen LogP contribution in [0.3, 0.4) is 0 Å². The number of rotatable bonds is 1. The van der Waals surface area contributed by atoms with Crippen molar-refractivity contribution in [2.24, 2.45) is 5.73 Å². The van der Waals surface area contributed by atoms with E-state index in [0.29, 0.717) is 5.82 Å². The molecule has 1 aliphatic heterocycles. The minimum absolute atomic E-state index is 0.211. The lowest BCUT2D eigenvalue weighted by molar-refractivity contribution is 0.432. The van der Waals surface area contributed by atoms with Gasteiger partial charge in [-0.15, -0.1) is 5.10 Å². The monoisotopic (exact) mass is 218 g/mol. The molecule has 5 heteroatoms. The van der Waals surface area contributed by atoms with E-state index in [1.54, 1.807) is 0 Å². The van der Waals surface area contributed by atoms with Crippen LogP contribution >= 0.6 is 0 Å². The number of furan rings is 1. The fourth-order valence-corrected chi connectivity index (χ4v) is 1.99. The molecule has 3 rings (SSSR count). The molecule has 1 unspecified atom stereocenters. The summed E-state index contributed by atoms with van der Waals surface area (Å²) in [6.45, 7) is 2.76. The third-order valence-electron chi connectivity index (χ3n) is 2.87. The van der Waals surface area contributed by atoms with Gasteiger partial charge >= 0.3 is 0 Å². The summed E-state index contributed by atoms with van der Waals surface area (Å²) in [5, 5.41) is 4.43. The minimum Gasteiger partial charge on any atom is -0.458 e. The van der Waals surface area contributed by atoms with Crippen molar-refractivity contribution >= 4 is 0 Å². The van der Waals surface area contributed by atoms with Crippen molar-refractivity contribution in [3.05, 3.63) is 23.7 Å². The zero-order valence-electron chi connectivity index (χ0n) is 9.18. The second kappa shape index (κ2) is 3.45. The highest BCUT2D eigenvalue weighted by Gasteiger charge is 2.20. The predicted molar refractivity (Wildman–Crippen MR) is 58.8 cm³/mol. The molecule has 0 saturated carbocycles.